The molecule has 0 saturated heterocycles. The summed E-state index contributed by atoms with van der Waals surface area (Å²) >= 11 is 3.40. The minimum atomic E-state index is -5.71. The molecule has 140 valence electrons. The second-order valence-corrected chi connectivity index (χ2v) is 8.96. The van der Waals surface area contributed by atoms with Crippen molar-refractivity contribution in [2.24, 2.45) is 17.8 Å². The molecule has 0 aromatic heterocycles. The molecule has 0 spiro atoms. The summed E-state index contributed by atoms with van der Waals surface area (Å²) in [6.45, 7) is 5.57. The number of hydrogen-bond acceptors (Lipinski definition) is 3. The van der Waals surface area contributed by atoms with E-state index in [2.05, 4.69) is 15.9 Å². The van der Waals surface area contributed by atoms with E-state index in [1.54, 1.807) is 24.3 Å². The fourth-order valence-corrected chi connectivity index (χ4v) is 4.18. The van der Waals surface area contributed by atoms with Gasteiger partial charge in [0.25, 0.3) is 0 Å². The fourth-order valence-electron chi connectivity index (χ4n) is 3.13. The molecule has 0 bridgehead atoms. The van der Waals surface area contributed by atoms with Crippen LogP contribution in [0.25, 0.3) is 5.57 Å². The third-order valence-electron chi connectivity index (χ3n) is 4.46. The third-order valence-corrected chi connectivity index (χ3v) is 6.11. The molecule has 2 rings (SSSR count). The van der Waals surface area contributed by atoms with Crippen molar-refractivity contribution in [2.75, 3.05) is 0 Å². The molecular weight excluding hydrogens is 421 g/mol. The molecule has 0 heterocycles. The van der Waals surface area contributed by atoms with Gasteiger partial charge in [0.1, 0.15) is 5.76 Å². The normalized spacial score (nSPS) is 22.4. The van der Waals surface area contributed by atoms with Crippen LogP contribution in [0.2, 0.25) is 0 Å². The average Bonchev–Trinajstić information content (AvgIpc) is 2.47. The van der Waals surface area contributed by atoms with Gasteiger partial charge in [0.2, 0.25) is 0 Å². The van der Waals surface area contributed by atoms with Crippen molar-refractivity contribution in [1.29, 1.82) is 0 Å². The van der Waals surface area contributed by atoms with E-state index >= 15 is 0 Å². The number of benzene rings is 1. The highest BCUT2D eigenvalue weighted by molar-refractivity contribution is 9.10. The lowest BCUT2D eigenvalue weighted by Gasteiger charge is -2.34. The number of allylic oxidation sites excluding steroid dienone is 2. The van der Waals surface area contributed by atoms with E-state index in [0.717, 1.165) is 6.42 Å². The molecular formula is C17H20BrF3O3S. The summed E-state index contributed by atoms with van der Waals surface area (Å²) in [4.78, 5) is 0. The van der Waals surface area contributed by atoms with E-state index in [9.17, 15) is 21.6 Å². The maximum Gasteiger partial charge on any atom is 0.534 e. The van der Waals surface area contributed by atoms with Crippen LogP contribution >= 0.6 is 15.9 Å². The van der Waals surface area contributed by atoms with Crippen LogP contribution in [0.1, 0.15) is 39.2 Å². The Balaban J connectivity index is 2.69. The summed E-state index contributed by atoms with van der Waals surface area (Å²) in [5.74, 6) is -0.649. The predicted octanol–water partition coefficient (Wildman–Crippen LogP) is 5.73. The Morgan fingerprint density at radius 1 is 1.20 bits per heavy atom. The van der Waals surface area contributed by atoms with Gasteiger partial charge in [0, 0.05) is 16.0 Å². The van der Waals surface area contributed by atoms with Gasteiger partial charge in [-0.15, -0.1) is 0 Å². The quantitative estimate of drug-likeness (QED) is 0.443. The molecule has 1 aliphatic carbocycles. The first kappa shape index (κ1) is 20.3. The smallest absolute Gasteiger partial charge is 0.380 e. The predicted molar refractivity (Wildman–Crippen MR) is 93.8 cm³/mol. The Kier molecular flexibility index (Phi) is 5.93. The van der Waals surface area contributed by atoms with E-state index in [4.69, 9.17) is 4.18 Å². The van der Waals surface area contributed by atoms with Gasteiger partial charge in [-0.2, -0.15) is 21.6 Å². The Labute approximate surface area is 154 Å². The molecule has 25 heavy (non-hydrogen) atoms. The Morgan fingerprint density at radius 2 is 1.80 bits per heavy atom. The van der Waals surface area contributed by atoms with Crippen LogP contribution in [0.3, 0.4) is 0 Å². The van der Waals surface area contributed by atoms with E-state index in [1.165, 1.54) is 0 Å². The van der Waals surface area contributed by atoms with Crippen molar-refractivity contribution < 1.29 is 25.8 Å². The van der Waals surface area contributed by atoms with Gasteiger partial charge in [0.15, 0.2) is 0 Å². The molecule has 0 saturated carbocycles. The Hall–Kier alpha value is -1.02. The number of hydrogen-bond donors (Lipinski definition) is 0. The van der Waals surface area contributed by atoms with Crippen LogP contribution in [0.5, 0.6) is 0 Å². The SMILES string of the molecule is CC1CC[C@@H](C(C)C)C(OS(=O)(=O)C(F)(F)F)=C1c1ccccc1Br. The average molecular weight is 441 g/mol. The number of halogens is 4. The summed E-state index contributed by atoms with van der Waals surface area (Å²) in [6.07, 6.45) is 1.33. The molecule has 0 aliphatic heterocycles. The van der Waals surface area contributed by atoms with Crippen molar-refractivity contribution in [3.63, 3.8) is 0 Å². The monoisotopic (exact) mass is 440 g/mol. The van der Waals surface area contributed by atoms with Gasteiger partial charge in [-0.3, -0.25) is 0 Å². The summed E-state index contributed by atoms with van der Waals surface area (Å²) in [6, 6.07) is 7.06. The Morgan fingerprint density at radius 3 is 2.32 bits per heavy atom. The fraction of sp³-hybridized carbons (Fsp3) is 0.529. The highest BCUT2D eigenvalue weighted by Crippen LogP contribution is 2.46. The molecule has 0 radical (unpaired) electrons. The van der Waals surface area contributed by atoms with E-state index in [0.29, 0.717) is 22.0 Å². The minimum absolute atomic E-state index is 0.0524. The summed E-state index contributed by atoms with van der Waals surface area (Å²) < 4.78 is 67.4. The highest BCUT2D eigenvalue weighted by Gasteiger charge is 2.50. The zero-order valence-electron chi connectivity index (χ0n) is 14.1. The number of alkyl halides is 3. The van der Waals surface area contributed by atoms with Gasteiger partial charge in [-0.1, -0.05) is 54.9 Å². The minimum Gasteiger partial charge on any atom is -0.380 e. The van der Waals surface area contributed by atoms with Crippen molar-refractivity contribution in [3.05, 3.63) is 40.1 Å². The first-order valence-corrected chi connectivity index (χ1v) is 10.2. The van der Waals surface area contributed by atoms with Gasteiger partial charge in [-0.05, 0) is 36.3 Å². The van der Waals surface area contributed by atoms with Crippen molar-refractivity contribution in [1.82, 2.24) is 0 Å². The van der Waals surface area contributed by atoms with Gasteiger partial charge < -0.3 is 4.18 Å². The maximum absolute atomic E-state index is 12.9. The molecule has 0 amide bonds. The third kappa shape index (κ3) is 4.22. The van der Waals surface area contributed by atoms with Crippen LogP contribution < -0.4 is 0 Å². The zero-order valence-corrected chi connectivity index (χ0v) is 16.5. The zero-order chi connectivity index (χ0) is 19.0. The lowest BCUT2D eigenvalue weighted by atomic mass is 9.75. The van der Waals surface area contributed by atoms with Gasteiger partial charge in [-0.25, -0.2) is 0 Å². The molecule has 1 aromatic carbocycles. The molecule has 1 unspecified atom stereocenters. The van der Waals surface area contributed by atoms with E-state index in [1.807, 2.05) is 20.8 Å². The summed E-state index contributed by atoms with van der Waals surface area (Å²) in [7, 11) is -5.71. The van der Waals surface area contributed by atoms with Crippen LogP contribution in [0.4, 0.5) is 13.2 Å². The van der Waals surface area contributed by atoms with Crippen molar-refractivity contribution in [2.45, 2.75) is 39.1 Å². The molecule has 0 fully saturated rings. The first-order valence-electron chi connectivity index (χ1n) is 7.95. The molecule has 1 aliphatic rings. The Bertz CT molecular complexity index is 770. The van der Waals surface area contributed by atoms with Crippen LogP contribution in [0.15, 0.2) is 34.5 Å². The van der Waals surface area contributed by atoms with E-state index in [-0.39, 0.29) is 17.6 Å². The molecule has 0 N–H and O–H groups in total. The lowest BCUT2D eigenvalue weighted by Crippen LogP contribution is -2.30. The topological polar surface area (TPSA) is 43.4 Å². The summed E-state index contributed by atoms with van der Waals surface area (Å²) in [5, 5.41) is 0. The van der Waals surface area contributed by atoms with E-state index < -0.39 is 21.5 Å². The second-order valence-electron chi connectivity index (χ2n) is 6.57. The standard InChI is InChI=1S/C17H20BrF3O3S/c1-10(2)12-9-8-11(3)15(13-6-4-5-7-14(13)18)16(12)24-25(22,23)17(19,20)21/h4-7,10-12H,8-9H2,1-3H3/t11?,12-/m0/s1. The highest BCUT2D eigenvalue weighted by atomic mass is 79.9. The molecule has 1 aromatic rings. The van der Waals surface area contributed by atoms with Crippen molar-refractivity contribution in [3.8, 4) is 0 Å². The largest absolute Gasteiger partial charge is 0.534 e. The number of rotatable bonds is 4. The molecule has 2 atom stereocenters. The summed E-state index contributed by atoms with van der Waals surface area (Å²) in [5.41, 5.74) is -4.28. The van der Waals surface area contributed by atoms with Crippen LogP contribution in [-0.2, 0) is 14.3 Å². The molecule has 3 nitrogen and oxygen atoms in total. The van der Waals surface area contributed by atoms with Crippen LogP contribution in [0, 0.1) is 17.8 Å². The van der Waals surface area contributed by atoms with Gasteiger partial charge >= 0.3 is 15.6 Å². The maximum atomic E-state index is 12.9. The first-order chi connectivity index (χ1) is 11.5. The second kappa shape index (κ2) is 7.31. The van der Waals surface area contributed by atoms with Crippen LogP contribution in [-0.4, -0.2) is 13.9 Å². The van der Waals surface area contributed by atoms with Crippen molar-refractivity contribution >= 4 is 31.6 Å². The molecule has 8 heteroatoms. The lowest BCUT2D eigenvalue weighted by molar-refractivity contribution is -0.0529. The van der Waals surface area contributed by atoms with Gasteiger partial charge in [0.05, 0.1) is 0 Å².